The summed E-state index contributed by atoms with van der Waals surface area (Å²) >= 11 is 0. The number of hydrogen-bond donors (Lipinski definition) is 1. The Morgan fingerprint density at radius 2 is 1.90 bits per heavy atom. The summed E-state index contributed by atoms with van der Waals surface area (Å²) in [5.41, 5.74) is 0.990. The molecular formula is C15H22N2O3. The lowest BCUT2D eigenvalue weighted by molar-refractivity contribution is -0.134. The molecule has 0 aromatic heterocycles. The SMILES string of the molecule is CCCN(CC(=O)NCc1ccc(OC)cc1)C(C)=O. The second-order valence-electron chi connectivity index (χ2n) is 4.57. The van der Waals surface area contributed by atoms with E-state index in [0.29, 0.717) is 13.1 Å². The molecule has 0 heterocycles. The molecule has 0 atom stereocenters. The van der Waals surface area contributed by atoms with Crippen LogP contribution in [0.15, 0.2) is 24.3 Å². The number of hydrogen-bond acceptors (Lipinski definition) is 3. The van der Waals surface area contributed by atoms with Gasteiger partial charge in [-0.15, -0.1) is 0 Å². The Kier molecular flexibility index (Phi) is 6.56. The van der Waals surface area contributed by atoms with Gasteiger partial charge in [0.2, 0.25) is 11.8 Å². The van der Waals surface area contributed by atoms with E-state index in [0.717, 1.165) is 17.7 Å². The van der Waals surface area contributed by atoms with Crippen LogP contribution in [0.4, 0.5) is 0 Å². The Balaban J connectivity index is 2.43. The van der Waals surface area contributed by atoms with Gasteiger partial charge in [0.25, 0.3) is 0 Å². The summed E-state index contributed by atoms with van der Waals surface area (Å²) < 4.78 is 5.07. The van der Waals surface area contributed by atoms with Gasteiger partial charge in [-0.25, -0.2) is 0 Å². The van der Waals surface area contributed by atoms with E-state index in [1.54, 1.807) is 12.0 Å². The normalized spacial score (nSPS) is 9.95. The van der Waals surface area contributed by atoms with Gasteiger partial charge in [0, 0.05) is 20.0 Å². The molecule has 2 amide bonds. The standard InChI is InChI=1S/C15H22N2O3/c1-4-9-17(12(2)18)11-15(19)16-10-13-5-7-14(20-3)8-6-13/h5-8H,4,9-11H2,1-3H3,(H,16,19). The first-order valence-corrected chi connectivity index (χ1v) is 6.72. The topological polar surface area (TPSA) is 58.6 Å². The van der Waals surface area contributed by atoms with Crippen molar-refractivity contribution < 1.29 is 14.3 Å². The number of carbonyl (C=O) groups is 2. The van der Waals surface area contributed by atoms with Crippen LogP contribution in [0.5, 0.6) is 5.75 Å². The minimum atomic E-state index is -0.149. The molecule has 5 heteroatoms. The predicted octanol–water partition coefficient (Wildman–Crippen LogP) is 1.57. The third-order valence-corrected chi connectivity index (χ3v) is 2.92. The van der Waals surface area contributed by atoms with Crippen LogP contribution >= 0.6 is 0 Å². The number of benzene rings is 1. The van der Waals surface area contributed by atoms with Crippen molar-refractivity contribution in [3.8, 4) is 5.75 Å². The monoisotopic (exact) mass is 278 g/mol. The lowest BCUT2D eigenvalue weighted by atomic mass is 10.2. The number of carbonyl (C=O) groups excluding carboxylic acids is 2. The van der Waals surface area contributed by atoms with Crippen LogP contribution in [0.25, 0.3) is 0 Å². The van der Waals surface area contributed by atoms with Crippen molar-refractivity contribution in [3.63, 3.8) is 0 Å². The third-order valence-electron chi connectivity index (χ3n) is 2.92. The van der Waals surface area contributed by atoms with Crippen LogP contribution in [-0.2, 0) is 16.1 Å². The Morgan fingerprint density at radius 1 is 1.25 bits per heavy atom. The number of nitrogens with one attached hydrogen (secondary N) is 1. The Bertz CT molecular complexity index is 443. The highest BCUT2D eigenvalue weighted by Crippen LogP contribution is 2.10. The fourth-order valence-corrected chi connectivity index (χ4v) is 1.79. The lowest BCUT2D eigenvalue weighted by Crippen LogP contribution is -2.39. The molecular weight excluding hydrogens is 256 g/mol. The fourth-order valence-electron chi connectivity index (χ4n) is 1.79. The first-order chi connectivity index (χ1) is 9.56. The molecule has 0 fully saturated rings. The molecule has 0 aliphatic rings. The van der Waals surface area contributed by atoms with Crippen molar-refractivity contribution in [2.75, 3.05) is 20.2 Å². The maximum absolute atomic E-state index is 11.8. The first kappa shape index (κ1) is 16.0. The Labute approximate surface area is 119 Å². The van der Waals surface area contributed by atoms with Gasteiger partial charge in [-0.2, -0.15) is 0 Å². The molecule has 1 N–H and O–H groups in total. The summed E-state index contributed by atoms with van der Waals surface area (Å²) in [4.78, 5) is 24.7. The van der Waals surface area contributed by atoms with Gasteiger partial charge in [-0.1, -0.05) is 19.1 Å². The number of methoxy groups -OCH3 is 1. The minimum absolute atomic E-state index is 0.0774. The van der Waals surface area contributed by atoms with Crippen molar-refractivity contribution in [2.24, 2.45) is 0 Å². The van der Waals surface area contributed by atoms with Gasteiger partial charge in [-0.3, -0.25) is 9.59 Å². The summed E-state index contributed by atoms with van der Waals surface area (Å²) in [6.07, 6.45) is 0.839. The molecule has 0 unspecified atom stereocenters. The van der Waals surface area contributed by atoms with Gasteiger partial charge in [0.1, 0.15) is 5.75 Å². The van der Waals surface area contributed by atoms with E-state index < -0.39 is 0 Å². The molecule has 0 aliphatic carbocycles. The van der Waals surface area contributed by atoms with Crippen molar-refractivity contribution in [1.29, 1.82) is 0 Å². The largest absolute Gasteiger partial charge is 0.497 e. The molecule has 0 saturated carbocycles. The van der Waals surface area contributed by atoms with E-state index in [1.807, 2.05) is 31.2 Å². The lowest BCUT2D eigenvalue weighted by Gasteiger charge is -2.19. The van der Waals surface area contributed by atoms with Gasteiger partial charge < -0.3 is 15.0 Å². The van der Waals surface area contributed by atoms with E-state index in [-0.39, 0.29) is 18.4 Å². The number of rotatable bonds is 7. The highest BCUT2D eigenvalue weighted by Gasteiger charge is 2.12. The van der Waals surface area contributed by atoms with Crippen LogP contribution in [0, 0.1) is 0 Å². The number of nitrogens with zero attached hydrogens (tertiary/aromatic N) is 1. The van der Waals surface area contributed by atoms with Gasteiger partial charge >= 0.3 is 0 Å². The molecule has 1 aromatic carbocycles. The second-order valence-corrected chi connectivity index (χ2v) is 4.57. The Hall–Kier alpha value is -2.04. The summed E-state index contributed by atoms with van der Waals surface area (Å²) in [7, 11) is 1.61. The maximum Gasteiger partial charge on any atom is 0.239 e. The average Bonchev–Trinajstić information content (AvgIpc) is 2.45. The molecule has 110 valence electrons. The molecule has 0 saturated heterocycles. The highest BCUT2D eigenvalue weighted by atomic mass is 16.5. The van der Waals surface area contributed by atoms with Crippen LogP contribution < -0.4 is 10.1 Å². The zero-order valence-electron chi connectivity index (χ0n) is 12.3. The second kappa shape index (κ2) is 8.19. The predicted molar refractivity (Wildman–Crippen MR) is 77.4 cm³/mol. The molecule has 1 rings (SSSR count). The zero-order valence-corrected chi connectivity index (χ0v) is 12.3. The Morgan fingerprint density at radius 3 is 2.40 bits per heavy atom. The van der Waals surface area contributed by atoms with Crippen LogP contribution in [0.2, 0.25) is 0 Å². The first-order valence-electron chi connectivity index (χ1n) is 6.72. The van der Waals surface area contributed by atoms with E-state index >= 15 is 0 Å². The van der Waals surface area contributed by atoms with Gasteiger partial charge in [0.05, 0.1) is 13.7 Å². The summed E-state index contributed by atoms with van der Waals surface area (Å²) in [6.45, 7) is 4.61. The van der Waals surface area contributed by atoms with E-state index in [4.69, 9.17) is 4.74 Å². The summed E-state index contributed by atoms with van der Waals surface area (Å²) in [5, 5.41) is 2.81. The van der Waals surface area contributed by atoms with Crippen molar-refractivity contribution in [3.05, 3.63) is 29.8 Å². The van der Waals surface area contributed by atoms with E-state index in [2.05, 4.69) is 5.32 Å². The smallest absolute Gasteiger partial charge is 0.239 e. The van der Waals surface area contributed by atoms with Crippen molar-refractivity contribution >= 4 is 11.8 Å². The van der Waals surface area contributed by atoms with Crippen LogP contribution in [0.3, 0.4) is 0 Å². The van der Waals surface area contributed by atoms with Crippen LogP contribution in [-0.4, -0.2) is 36.9 Å². The molecule has 5 nitrogen and oxygen atoms in total. The zero-order chi connectivity index (χ0) is 15.0. The fraction of sp³-hybridized carbons (Fsp3) is 0.467. The molecule has 0 spiro atoms. The van der Waals surface area contributed by atoms with Crippen LogP contribution in [0.1, 0.15) is 25.8 Å². The molecule has 1 aromatic rings. The molecule has 0 bridgehead atoms. The summed E-state index contributed by atoms with van der Waals surface area (Å²) in [6, 6.07) is 7.49. The van der Waals surface area contributed by atoms with Crippen molar-refractivity contribution in [1.82, 2.24) is 10.2 Å². The average molecular weight is 278 g/mol. The maximum atomic E-state index is 11.8. The third kappa shape index (κ3) is 5.30. The highest BCUT2D eigenvalue weighted by molar-refractivity contribution is 5.83. The molecule has 20 heavy (non-hydrogen) atoms. The summed E-state index contributed by atoms with van der Waals surface area (Å²) in [5.74, 6) is 0.557. The van der Waals surface area contributed by atoms with Gasteiger partial charge in [-0.05, 0) is 24.1 Å². The molecule has 0 aliphatic heterocycles. The van der Waals surface area contributed by atoms with E-state index in [9.17, 15) is 9.59 Å². The van der Waals surface area contributed by atoms with Gasteiger partial charge in [0.15, 0.2) is 0 Å². The number of ether oxygens (including phenoxy) is 1. The molecule has 0 radical (unpaired) electrons. The van der Waals surface area contributed by atoms with E-state index in [1.165, 1.54) is 6.92 Å². The quantitative estimate of drug-likeness (QED) is 0.823. The number of amides is 2. The van der Waals surface area contributed by atoms with Crippen molar-refractivity contribution in [2.45, 2.75) is 26.8 Å². The minimum Gasteiger partial charge on any atom is -0.497 e.